The normalized spacial score (nSPS) is 9.13. The van der Waals surface area contributed by atoms with Crippen molar-refractivity contribution in [2.45, 2.75) is 6.92 Å². The zero-order valence-corrected chi connectivity index (χ0v) is 9.98. The predicted molar refractivity (Wildman–Crippen MR) is 57.0 cm³/mol. The largest absolute Gasteiger partial charge is 0.385 e. The lowest BCUT2D eigenvalue weighted by atomic mass is 10.2. The summed E-state index contributed by atoms with van der Waals surface area (Å²) >= 11 is 2.90. The average Bonchev–Trinajstić information content (AvgIpc) is 2.24. The van der Waals surface area contributed by atoms with E-state index in [0.717, 1.165) is 18.7 Å². The standard InChI is InChI=1S/C7H3BrF2O.C3H8O/c8-5-2-7(10)6(9)1-4(5)3-11;1-3-4-2/h1-3H;3H2,1-2H3. The number of hydrogen-bond acceptors (Lipinski definition) is 2. The molecule has 15 heavy (non-hydrogen) atoms. The number of benzene rings is 1. The van der Waals surface area contributed by atoms with Crippen molar-refractivity contribution in [1.82, 2.24) is 0 Å². The van der Waals surface area contributed by atoms with E-state index in [0.29, 0.717) is 6.29 Å². The fraction of sp³-hybridized carbons (Fsp3) is 0.300. The Balaban J connectivity index is 0.000000423. The Kier molecular flexibility index (Phi) is 7.07. The van der Waals surface area contributed by atoms with E-state index in [9.17, 15) is 13.6 Å². The molecule has 0 atom stereocenters. The van der Waals surface area contributed by atoms with Crippen molar-refractivity contribution < 1.29 is 18.3 Å². The van der Waals surface area contributed by atoms with Gasteiger partial charge < -0.3 is 4.74 Å². The van der Waals surface area contributed by atoms with E-state index in [4.69, 9.17) is 0 Å². The summed E-state index contributed by atoms with van der Waals surface area (Å²) in [5.74, 6) is -1.99. The molecule has 0 unspecified atom stereocenters. The minimum absolute atomic E-state index is 0.101. The van der Waals surface area contributed by atoms with Gasteiger partial charge in [-0.25, -0.2) is 8.78 Å². The van der Waals surface area contributed by atoms with E-state index in [2.05, 4.69) is 20.7 Å². The first-order valence-corrected chi connectivity index (χ1v) is 4.94. The van der Waals surface area contributed by atoms with Gasteiger partial charge >= 0.3 is 0 Å². The maximum Gasteiger partial charge on any atom is 0.159 e. The van der Waals surface area contributed by atoms with E-state index in [-0.39, 0.29) is 10.0 Å². The minimum atomic E-state index is -1.02. The van der Waals surface area contributed by atoms with E-state index >= 15 is 0 Å². The molecule has 84 valence electrons. The Morgan fingerprint density at radius 2 is 1.87 bits per heavy atom. The molecule has 0 saturated carbocycles. The third-order valence-electron chi connectivity index (χ3n) is 1.46. The lowest BCUT2D eigenvalue weighted by Gasteiger charge is -1.96. The van der Waals surface area contributed by atoms with Crippen LogP contribution >= 0.6 is 15.9 Å². The van der Waals surface area contributed by atoms with Crippen molar-refractivity contribution in [3.63, 3.8) is 0 Å². The highest BCUT2D eigenvalue weighted by atomic mass is 79.9. The SMILES string of the molecule is CCOC.O=Cc1cc(F)c(F)cc1Br. The molecule has 0 saturated heterocycles. The monoisotopic (exact) mass is 280 g/mol. The topological polar surface area (TPSA) is 26.3 Å². The second-order valence-electron chi connectivity index (χ2n) is 2.48. The zero-order valence-electron chi connectivity index (χ0n) is 8.39. The Hall–Kier alpha value is -0.810. The average molecular weight is 281 g/mol. The fourth-order valence-corrected chi connectivity index (χ4v) is 1.04. The van der Waals surface area contributed by atoms with Crippen LogP contribution in [-0.4, -0.2) is 20.0 Å². The van der Waals surface area contributed by atoms with Crippen molar-refractivity contribution >= 4 is 22.2 Å². The van der Waals surface area contributed by atoms with Gasteiger partial charge in [0, 0.05) is 23.8 Å². The van der Waals surface area contributed by atoms with Crippen LogP contribution in [0.5, 0.6) is 0 Å². The molecule has 1 aromatic carbocycles. The molecule has 0 amide bonds. The van der Waals surface area contributed by atoms with Gasteiger partial charge in [-0.3, -0.25) is 4.79 Å². The Labute approximate surface area is 95.4 Å². The van der Waals surface area contributed by atoms with Crippen molar-refractivity contribution in [1.29, 1.82) is 0 Å². The van der Waals surface area contributed by atoms with E-state index < -0.39 is 11.6 Å². The lowest BCUT2D eigenvalue weighted by molar-refractivity contribution is 0.112. The molecule has 5 heteroatoms. The molecule has 0 aliphatic carbocycles. The van der Waals surface area contributed by atoms with Crippen LogP contribution in [0.4, 0.5) is 8.78 Å². The summed E-state index contributed by atoms with van der Waals surface area (Å²) in [4.78, 5) is 10.2. The molecule has 0 aliphatic heterocycles. The number of aldehydes is 1. The number of halogens is 3. The van der Waals surface area contributed by atoms with E-state index in [1.54, 1.807) is 7.11 Å². The van der Waals surface area contributed by atoms with Crippen molar-refractivity contribution in [3.8, 4) is 0 Å². The van der Waals surface area contributed by atoms with Crippen LogP contribution in [0.15, 0.2) is 16.6 Å². The molecule has 0 aliphatic rings. The molecule has 0 radical (unpaired) electrons. The van der Waals surface area contributed by atoms with Crippen LogP contribution < -0.4 is 0 Å². The van der Waals surface area contributed by atoms with Gasteiger partial charge in [0.15, 0.2) is 17.9 Å². The molecule has 0 spiro atoms. The number of carbonyl (C=O) groups is 1. The number of rotatable bonds is 2. The van der Waals surface area contributed by atoms with Crippen LogP contribution in [0.3, 0.4) is 0 Å². The Bertz CT molecular complexity index is 327. The third-order valence-corrected chi connectivity index (χ3v) is 2.14. The highest BCUT2D eigenvalue weighted by Crippen LogP contribution is 2.18. The van der Waals surface area contributed by atoms with Crippen LogP contribution in [0, 0.1) is 11.6 Å². The summed E-state index contributed by atoms with van der Waals surface area (Å²) in [6.07, 6.45) is 0.451. The second-order valence-corrected chi connectivity index (χ2v) is 3.34. The van der Waals surface area contributed by atoms with Crippen LogP contribution in [0.1, 0.15) is 17.3 Å². The van der Waals surface area contributed by atoms with Crippen molar-refractivity contribution in [2.75, 3.05) is 13.7 Å². The second kappa shape index (κ2) is 7.48. The number of ether oxygens (including phenoxy) is 1. The van der Waals surface area contributed by atoms with Gasteiger partial charge in [-0.1, -0.05) is 0 Å². The van der Waals surface area contributed by atoms with Crippen LogP contribution in [-0.2, 0) is 4.74 Å². The van der Waals surface area contributed by atoms with E-state index in [1.807, 2.05) is 6.92 Å². The summed E-state index contributed by atoms with van der Waals surface area (Å²) in [5.41, 5.74) is 0.101. The van der Waals surface area contributed by atoms with Gasteiger partial charge in [-0.05, 0) is 35.0 Å². The first kappa shape index (κ1) is 14.2. The Morgan fingerprint density at radius 3 is 2.27 bits per heavy atom. The lowest BCUT2D eigenvalue weighted by Crippen LogP contribution is -1.89. The summed E-state index contributed by atoms with van der Waals surface area (Å²) in [5, 5.41) is 0. The van der Waals surface area contributed by atoms with Gasteiger partial charge in [-0.15, -0.1) is 0 Å². The molecular weight excluding hydrogens is 270 g/mol. The molecule has 1 aromatic rings. The minimum Gasteiger partial charge on any atom is -0.385 e. The van der Waals surface area contributed by atoms with Crippen LogP contribution in [0.2, 0.25) is 0 Å². The zero-order chi connectivity index (χ0) is 11.8. The maximum absolute atomic E-state index is 12.4. The van der Waals surface area contributed by atoms with Crippen molar-refractivity contribution in [2.24, 2.45) is 0 Å². The van der Waals surface area contributed by atoms with Gasteiger partial charge in [-0.2, -0.15) is 0 Å². The molecule has 0 aromatic heterocycles. The fourth-order valence-electron chi connectivity index (χ4n) is 0.628. The predicted octanol–water partition coefficient (Wildman–Crippen LogP) is 3.19. The van der Waals surface area contributed by atoms with Gasteiger partial charge in [0.25, 0.3) is 0 Å². The maximum atomic E-state index is 12.4. The third kappa shape index (κ3) is 4.99. The highest BCUT2D eigenvalue weighted by Gasteiger charge is 2.06. The molecule has 0 fully saturated rings. The first-order valence-electron chi connectivity index (χ1n) is 4.15. The van der Waals surface area contributed by atoms with Gasteiger partial charge in [0.2, 0.25) is 0 Å². The van der Waals surface area contributed by atoms with Crippen molar-refractivity contribution in [3.05, 3.63) is 33.8 Å². The highest BCUT2D eigenvalue weighted by molar-refractivity contribution is 9.10. The first-order chi connectivity index (χ1) is 7.06. The quantitative estimate of drug-likeness (QED) is 0.614. The number of hydrogen-bond donors (Lipinski definition) is 0. The summed E-state index contributed by atoms with van der Waals surface area (Å²) in [6.45, 7) is 2.78. The Morgan fingerprint density at radius 1 is 1.40 bits per heavy atom. The molecular formula is C10H11BrF2O2. The molecule has 0 heterocycles. The van der Waals surface area contributed by atoms with Crippen LogP contribution in [0.25, 0.3) is 0 Å². The summed E-state index contributed by atoms with van der Waals surface area (Å²) < 4.78 is 29.6. The summed E-state index contributed by atoms with van der Waals surface area (Å²) in [6, 6.07) is 1.76. The molecule has 2 nitrogen and oxygen atoms in total. The molecule has 1 rings (SSSR count). The smallest absolute Gasteiger partial charge is 0.159 e. The number of carbonyl (C=O) groups excluding carboxylic acids is 1. The molecule has 0 bridgehead atoms. The van der Waals surface area contributed by atoms with E-state index in [1.165, 1.54) is 0 Å². The van der Waals surface area contributed by atoms with Gasteiger partial charge in [0.1, 0.15) is 0 Å². The number of methoxy groups -OCH3 is 1. The van der Waals surface area contributed by atoms with Gasteiger partial charge in [0.05, 0.1) is 0 Å². The summed E-state index contributed by atoms with van der Waals surface area (Å²) in [7, 11) is 1.68. The molecule has 0 N–H and O–H groups in total.